The summed E-state index contributed by atoms with van der Waals surface area (Å²) < 4.78 is 16.4. The maximum atomic E-state index is 12.3. The van der Waals surface area contributed by atoms with E-state index in [0.717, 1.165) is 30.2 Å². The fourth-order valence-corrected chi connectivity index (χ4v) is 2.83. The zero-order valence-electron chi connectivity index (χ0n) is 14.9. The summed E-state index contributed by atoms with van der Waals surface area (Å²) in [6.45, 7) is 1.69. The van der Waals surface area contributed by atoms with Gasteiger partial charge in [0.2, 0.25) is 0 Å². The van der Waals surface area contributed by atoms with Gasteiger partial charge in [-0.05, 0) is 63.8 Å². The van der Waals surface area contributed by atoms with Crippen molar-refractivity contribution in [2.24, 2.45) is 0 Å². The van der Waals surface area contributed by atoms with Gasteiger partial charge in [0.1, 0.15) is 17.1 Å². The minimum absolute atomic E-state index is 0.371. The van der Waals surface area contributed by atoms with Crippen molar-refractivity contribution in [3.05, 3.63) is 46.8 Å². The van der Waals surface area contributed by atoms with Gasteiger partial charge in [0.25, 0.3) is 0 Å². The second kappa shape index (κ2) is 7.57. The standard InChI is InChI=1S/C20H23NO4/c1-21(2)10-4-5-11-24-15-7-9-17-16-8-6-14(23-3)12-18(16)20(22)25-19(17)13-15/h6-9,12-13H,4-5,10-11H2,1-3H3. The average molecular weight is 341 g/mol. The fraction of sp³-hybridized carbons (Fsp3) is 0.350. The number of methoxy groups -OCH3 is 1. The molecule has 0 fully saturated rings. The Morgan fingerprint density at radius 1 is 0.960 bits per heavy atom. The van der Waals surface area contributed by atoms with Gasteiger partial charge < -0.3 is 18.8 Å². The normalized spacial score (nSPS) is 11.4. The molecule has 0 spiro atoms. The van der Waals surface area contributed by atoms with Crippen LogP contribution in [0.1, 0.15) is 12.8 Å². The van der Waals surface area contributed by atoms with Crippen LogP contribution >= 0.6 is 0 Å². The SMILES string of the molecule is COc1ccc2c(c1)c(=O)oc1cc(OCCCCN(C)C)ccc12. The number of ether oxygens (including phenoxy) is 2. The smallest absolute Gasteiger partial charge is 0.344 e. The molecule has 0 unspecified atom stereocenters. The molecule has 3 rings (SSSR count). The summed E-state index contributed by atoms with van der Waals surface area (Å²) in [5, 5.41) is 2.26. The highest BCUT2D eigenvalue weighted by atomic mass is 16.5. The monoisotopic (exact) mass is 341 g/mol. The van der Waals surface area contributed by atoms with E-state index in [1.165, 1.54) is 0 Å². The van der Waals surface area contributed by atoms with Crippen LogP contribution in [0, 0.1) is 0 Å². The summed E-state index contributed by atoms with van der Waals surface area (Å²) in [5.74, 6) is 1.35. The van der Waals surface area contributed by atoms with Gasteiger partial charge in [-0.15, -0.1) is 0 Å². The molecule has 0 saturated carbocycles. The molecule has 25 heavy (non-hydrogen) atoms. The highest BCUT2D eigenvalue weighted by Gasteiger charge is 2.09. The Bertz CT molecular complexity index is 930. The highest BCUT2D eigenvalue weighted by Crippen LogP contribution is 2.28. The third-order valence-corrected chi connectivity index (χ3v) is 4.16. The average Bonchev–Trinajstić information content (AvgIpc) is 2.60. The van der Waals surface area contributed by atoms with Crippen molar-refractivity contribution in [2.75, 3.05) is 34.4 Å². The van der Waals surface area contributed by atoms with Crippen LogP contribution in [-0.2, 0) is 0 Å². The lowest BCUT2D eigenvalue weighted by Gasteiger charge is -2.10. The van der Waals surface area contributed by atoms with E-state index in [-0.39, 0.29) is 5.63 Å². The minimum atomic E-state index is -0.371. The summed E-state index contributed by atoms with van der Waals surface area (Å²) in [6.07, 6.45) is 2.07. The van der Waals surface area contributed by atoms with Gasteiger partial charge >= 0.3 is 5.63 Å². The van der Waals surface area contributed by atoms with Crippen molar-refractivity contribution in [2.45, 2.75) is 12.8 Å². The molecule has 1 aromatic heterocycles. The van der Waals surface area contributed by atoms with E-state index in [9.17, 15) is 4.79 Å². The van der Waals surface area contributed by atoms with E-state index in [0.29, 0.717) is 29.1 Å². The lowest BCUT2D eigenvalue weighted by atomic mass is 10.1. The highest BCUT2D eigenvalue weighted by molar-refractivity contribution is 6.04. The molecule has 0 radical (unpaired) electrons. The van der Waals surface area contributed by atoms with Gasteiger partial charge in [0.15, 0.2) is 0 Å². The second-order valence-electron chi connectivity index (χ2n) is 6.32. The predicted octanol–water partition coefficient (Wildman–Crippen LogP) is 3.68. The number of rotatable bonds is 7. The molecule has 5 nitrogen and oxygen atoms in total. The van der Waals surface area contributed by atoms with Crippen molar-refractivity contribution in [3.8, 4) is 11.5 Å². The number of hydrogen-bond donors (Lipinski definition) is 0. The van der Waals surface area contributed by atoms with E-state index in [1.54, 1.807) is 19.2 Å². The van der Waals surface area contributed by atoms with Crippen LogP contribution in [0.3, 0.4) is 0 Å². The predicted molar refractivity (Wildman–Crippen MR) is 99.8 cm³/mol. The number of benzene rings is 2. The van der Waals surface area contributed by atoms with Gasteiger partial charge in [0.05, 0.1) is 19.1 Å². The topological polar surface area (TPSA) is 51.9 Å². The summed E-state index contributed by atoms with van der Waals surface area (Å²) in [6, 6.07) is 11.1. The molecule has 0 bridgehead atoms. The Hall–Kier alpha value is -2.53. The molecule has 2 aromatic carbocycles. The van der Waals surface area contributed by atoms with Crippen LogP contribution in [0.15, 0.2) is 45.6 Å². The summed E-state index contributed by atoms with van der Waals surface area (Å²) >= 11 is 0. The Labute approximate surface area is 146 Å². The first kappa shape index (κ1) is 17.3. The molecule has 0 aliphatic heterocycles. The van der Waals surface area contributed by atoms with Gasteiger partial charge in [0, 0.05) is 16.8 Å². The Morgan fingerprint density at radius 3 is 2.48 bits per heavy atom. The largest absolute Gasteiger partial charge is 0.497 e. The number of nitrogens with zero attached hydrogens (tertiary/aromatic N) is 1. The van der Waals surface area contributed by atoms with Crippen LogP contribution in [0.25, 0.3) is 21.7 Å². The summed E-state index contributed by atoms with van der Waals surface area (Å²) in [7, 11) is 5.70. The molecule has 0 saturated heterocycles. The molecule has 0 aliphatic rings. The zero-order valence-corrected chi connectivity index (χ0v) is 14.9. The van der Waals surface area contributed by atoms with Crippen molar-refractivity contribution in [1.82, 2.24) is 4.90 Å². The van der Waals surface area contributed by atoms with Crippen LogP contribution in [-0.4, -0.2) is 39.3 Å². The Morgan fingerprint density at radius 2 is 1.72 bits per heavy atom. The van der Waals surface area contributed by atoms with E-state index in [4.69, 9.17) is 13.9 Å². The second-order valence-corrected chi connectivity index (χ2v) is 6.32. The molecular formula is C20H23NO4. The minimum Gasteiger partial charge on any atom is -0.497 e. The van der Waals surface area contributed by atoms with Crippen LogP contribution in [0.4, 0.5) is 0 Å². The zero-order chi connectivity index (χ0) is 17.8. The van der Waals surface area contributed by atoms with E-state index >= 15 is 0 Å². The van der Waals surface area contributed by atoms with E-state index in [1.807, 2.05) is 24.3 Å². The van der Waals surface area contributed by atoms with Gasteiger partial charge in [-0.25, -0.2) is 4.79 Å². The first-order valence-corrected chi connectivity index (χ1v) is 8.40. The summed E-state index contributed by atoms with van der Waals surface area (Å²) in [4.78, 5) is 14.4. The molecule has 0 aliphatic carbocycles. The molecule has 132 valence electrons. The Balaban J connectivity index is 1.83. The van der Waals surface area contributed by atoms with Crippen LogP contribution in [0.2, 0.25) is 0 Å². The molecule has 0 atom stereocenters. The maximum absolute atomic E-state index is 12.3. The Kier molecular flexibility index (Phi) is 5.24. The molecule has 1 heterocycles. The molecular weight excluding hydrogens is 318 g/mol. The van der Waals surface area contributed by atoms with E-state index in [2.05, 4.69) is 19.0 Å². The van der Waals surface area contributed by atoms with Crippen molar-refractivity contribution >= 4 is 21.7 Å². The molecule has 5 heteroatoms. The molecule has 0 amide bonds. The third kappa shape index (κ3) is 3.94. The lowest BCUT2D eigenvalue weighted by molar-refractivity contribution is 0.293. The van der Waals surface area contributed by atoms with Gasteiger partial charge in [-0.1, -0.05) is 0 Å². The molecule has 0 N–H and O–H groups in total. The fourth-order valence-electron chi connectivity index (χ4n) is 2.83. The molecule has 3 aromatic rings. The summed E-state index contributed by atoms with van der Waals surface area (Å²) in [5.41, 5.74) is 0.165. The first-order chi connectivity index (χ1) is 12.1. The first-order valence-electron chi connectivity index (χ1n) is 8.40. The maximum Gasteiger partial charge on any atom is 0.344 e. The van der Waals surface area contributed by atoms with Crippen LogP contribution in [0.5, 0.6) is 11.5 Å². The van der Waals surface area contributed by atoms with E-state index < -0.39 is 0 Å². The number of unbranched alkanes of at least 4 members (excludes halogenated alkanes) is 1. The van der Waals surface area contributed by atoms with Gasteiger partial charge in [-0.2, -0.15) is 0 Å². The number of hydrogen-bond acceptors (Lipinski definition) is 5. The van der Waals surface area contributed by atoms with Crippen molar-refractivity contribution in [3.63, 3.8) is 0 Å². The van der Waals surface area contributed by atoms with Crippen molar-refractivity contribution in [1.29, 1.82) is 0 Å². The lowest BCUT2D eigenvalue weighted by Crippen LogP contribution is -2.13. The third-order valence-electron chi connectivity index (χ3n) is 4.16. The van der Waals surface area contributed by atoms with Crippen LogP contribution < -0.4 is 15.1 Å². The van der Waals surface area contributed by atoms with Crippen molar-refractivity contribution < 1.29 is 13.9 Å². The van der Waals surface area contributed by atoms with Gasteiger partial charge in [-0.3, -0.25) is 0 Å². The number of fused-ring (bicyclic) bond motifs is 3. The quantitative estimate of drug-likeness (QED) is 0.373.